The molecule has 0 aliphatic carbocycles. The van der Waals surface area contributed by atoms with E-state index in [4.69, 9.17) is 11.6 Å². The number of hydrogen-bond acceptors (Lipinski definition) is 3. The van der Waals surface area contributed by atoms with Crippen molar-refractivity contribution in [2.24, 2.45) is 0 Å². The number of amides is 2. The lowest BCUT2D eigenvalue weighted by atomic mass is 10.1. The number of nitrogens with one attached hydrogen (secondary N) is 2. The molecule has 0 saturated carbocycles. The Hall–Kier alpha value is -2.37. The summed E-state index contributed by atoms with van der Waals surface area (Å²) in [5.41, 5.74) is 1.35. The third-order valence-corrected chi connectivity index (χ3v) is 3.86. The molecule has 0 saturated heterocycles. The third-order valence-electron chi connectivity index (χ3n) is 3.49. The molecule has 24 heavy (non-hydrogen) atoms. The van der Waals surface area contributed by atoms with Crippen molar-refractivity contribution in [3.63, 3.8) is 0 Å². The molecule has 3 N–H and O–H groups in total. The van der Waals surface area contributed by atoms with Gasteiger partial charge in [-0.1, -0.05) is 48.0 Å². The van der Waals surface area contributed by atoms with E-state index >= 15 is 0 Å². The SMILES string of the molecule is O=C(N[C@H](CO)C(=O)NCCc1ccccc1Cl)c1ccccc1. The zero-order valence-electron chi connectivity index (χ0n) is 13.0. The van der Waals surface area contributed by atoms with Crippen LogP contribution in [0, 0.1) is 0 Å². The number of carbonyl (C=O) groups is 2. The molecule has 0 fully saturated rings. The smallest absolute Gasteiger partial charge is 0.251 e. The second-order valence-corrected chi connectivity index (χ2v) is 5.61. The molecule has 2 amide bonds. The van der Waals surface area contributed by atoms with Crippen LogP contribution in [0.5, 0.6) is 0 Å². The fourth-order valence-electron chi connectivity index (χ4n) is 2.17. The predicted molar refractivity (Wildman–Crippen MR) is 92.9 cm³/mol. The zero-order valence-corrected chi connectivity index (χ0v) is 13.8. The molecule has 0 bridgehead atoms. The van der Waals surface area contributed by atoms with Crippen molar-refractivity contribution in [2.45, 2.75) is 12.5 Å². The fraction of sp³-hybridized carbons (Fsp3) is 0.222. The number of carbonyl (C=O) groups excluding carboxylic acids is 2. The van der Waals surface area contributed by atoms with Gasteiger partial charge in [-0.05, 0) is 30.2 Å². The van der Waals surface area contributed by atoms with Crippen molar-refractivity contribution in [1.29, 1.82) is 0 Å². The highest BCUT2D eigenvalue weighted by Crippen LogP contribution is 2.14. The number of benzene rings is 2. The summed E-state index contributed by atoms with van der Waals surface area (Å²) < 4.78 is 0. The van der Waals surface area contributed by atoms with E-state index in [0.29, 0.717) is 23.6 Å². The third kappa shape index (κ3) is 5.08. The number of aliphatic hydroxyl groups is 1. The van der Waals surface area contributed by atoms with Crippen LogP contribution < -0.4 is 10.6 Å². The Balaban J connectivity index is 1.85. The van der Waals surface area contributed by atoms with Crippen molar-refractivity contribution in [1.82, 2.24) is 10.6 Å². The highest BCUT2D eigenvalue weighted by Gasteiger charge is 2.20. The van der Waals surface area contributed by atoms with Crippen molar-refractivity contribution in [2.75, 3.05) is 13.2 Å². The van der Waals surface area contributed by atoms with E-state index in [1.165, 1.54) is 0 Å². The average molecular weight is 347 g/mol. The van der Waals surface area contributed by atoms with Crippen LogP contribution in [-0.2, 0) is 11.2 Å². The summed E-state index contributed by atoms with van der Waals surface area (Å²) in [5.74, 6) is -0.843. The first-order valence-corrected chi connectivity index (χ1v) is 7.97. The molecule has 2 aromatic carbocycles. The van der Waals surface area contributed by atoms with Crippen LogP contribution in [0.4, 0.5) is 0 Å². The van der Waals surface area contributed by atoms with E-state index < -0.39 is 24.5 Å². The van der Waals surface area contributed by atoms with Crippen molar-refractivity contribution < 1.29 is 14.7 Å². The number of hydrogen-bond donors (Lipinski definition) is 3. The van der Waals surface area contributed by atoms with Gasteiger partial charge in [0.05, 0.1) is 6.61 Å². The molecule has 0 heterocycles. The van der Waals surface area contributed by atoms with Gasteiger partial charge in [-0.15, -0.1) is 0 Å². The molecule has 0 aliphatic rings. The normalized spacial score (nSPS) is 11.6. The first kappa shape index (κ1) is 18.0. The first-order chi connectivity index (χ1) is 11.6. The summed E-state index contributed by atoms with van der Waals surface area (Å²) in [5, 5.41) is 15.2. The molecule has 0 aliphatic heterocycles. The molecule has 5 nitrogen and oxygen atoms in total. The molecular formula is C18H19ClN2O3. The van der Waals surface area contributed by atoms with Crippen LogP contribution in [0.2, 0.25) is 5.02 Å². The van der Waals surface area contributed by atoms with Crippen molar-refractivity contribution >= 4 is 23.4 Å². The van der Waals surface area contributed by atoms with Crippen LogP contribution in [0.3, 0.4) is 0 Å². The molecule has 2 rings (SSSR count). The second-order valence-electron chi connectivity index (χ2n) is 5.21. The highest BCUT2D eigenvalue weighted by atomic mass is 35.5. The maximum absolute atomic E-state index is 12.1. The largest absolute Gasteiger partial charge is 0.394 e. The molecule has 0 aromatic heterocycles. The molecule has 6 heteroatoms. The minimum Gasteiger partial charge on any atom is -0.394 e. The molecule has 0 unspecified atom stereocenters. The predicted octanol–water partition coefficient (Wildman–Crippen LogP) is 1.79. The van der Waals surface area contributed by atoms with Gasteiger partial charge in [0, 0.05) is 17.1 Å². The summed E-state index contributed by atoms with van der Waals surface area (Å²) in [6, 6.07) is 14.9. The van der Waals surface area contributed by atoms with Gasteiger partial charge in [0.2, 0.25) is 5.91 Å². The molecule has 0 radical (unpaired) electrons. The van der Waals surface area contributed by atoms with Crippen LogP contribution in [0.1, 0.15) is 15.9 Å². The second kappa shape index (κ2) is 9.05. The van der Waals surface area contributed by atoms with Gasteiger partial charge < -0.3 is 15.7 Å². The Labute approximate surface area is 145 Å². The highest BCUT2D eigenvalue weighted by molar-refractivity contribution is 6.31. The summed E-state index contributed by atoms with van der Waals surface area (Å²) >= 11 is 6.06. The molecule has 1 atom stereocenters. The van der Waals surface area contributed by atoms with E-state index in [0.717, 1.165) is 5.56 Å². The van der Waals surface area contributed by atoms with Crippen LogP contribution in [0.25, 0.3) is 0 Å². The Bertz CT molecular complexity index is 692. The minimum absolute atomic E-state index is 0.361. The first-order valence-electron chi connectivity index (χ1n) is 7.59. The molecule has 2 aromatic rings. The van der Waals surface area contributed by atoms with E-state index in [2.05, 4.69) is 10.6 Å². The summed E-state index contributed by atoms with van der Waals surface area (Å²) in [7, 11) is 0. The summed E-state index contributed by atoms with van der Waals surface area (Å²) in [6.45, 7) is -0.114. The Morgan fingerprint density at radius 3 is 2.38 bits per heavy atom. The topological polar surface area (TPSA) is 78.4 Å². The van der Waals surface area contributed by atoms with Gasteiger partial charge >= 0.3 is 0 Å². The van der Waals surface area contributed by atoms with E-state index in [1.807, 2.05) is 18.2 Å². The van der Waals surface area contributed by atoms with Crippen LogP contribution in [0.15, 0.2) is 54.6 Å². The lowest BCUT2D eigenvalue weighted by Gasteiger charge is -2.16. The number of rotatable bonds is 7. The van der Waals surface area contributed by atoms with Crippen LogP contribution >= 0.6 is 11.6 Å². The Morgan fingerprint density at radius 2 is 1.71 bits per heavy atom. The van der Waals surface area contributed by atoms with Crippen LogP contribution in [-0.4, -0.2) is 36.1 Å². The Kier molecular flexibility index (Phi) is 6.78. The van der Waals surface area contributed by atoms with Gasteiger partial charge in [-0.3, -0.25) is 9.59 Å². The van der Waals surface area contributed by atoms with E-state index in [1.54, 1.807) is 36.4 Å². The van der Waals surface area contributed by atoms with Crippen molar-refractivity contribution in [3.8, 4) is 0 Å². The van der Waals surface area contributed by atoms with Gasteiger partial charge in [0.25, 0.3) is 5.91 Å². The molecule has 126 valence electrons. The number of halogens is 1. The standard InChI is InChI=1S/C18H19ClN2O3/c19-15-9-5-4-6-13(15)10-11-20-18(24)16(12-22)21-17(23)14-7-2-1-3-8-14/h1-9,16,22H,10-12H2,(H,20,24)(H,21,23)/t16-/m1/s1. The van der Waals surface area contributed by atoms with Gasteiger partial charge in [-0.2, -0.15) is 0 Å². The van der Waals surface area contributed by atoms with Gasteiger partial charge in [-0.25, -0.2) is 0 Å². The quantitative estimate of drug-likeness (QED) is 0.715. The Morgan fingerprint density at radius 1 is 1.04 bits per heavy atom. The lowest BCUT2D eigenvalue weighted by Crippen LogP contribution is -2.49. The van der Waals surface area contributed by atoms with Crippen molar-refractivity contribution in [3.05, 3.63) is 70.7 Å². The monoisotopic (exact) mass is 346 g/mol. The molecular weight excluding hydrogens is 328 g/mol. The summed E-state index contributed by atoms with van der Waals surface area (Å²) in [6.07, 6.45) is 0.566. The van der Waals surface area contributed by atoms with E-state index in [9.17, 15) is 14.7 Å². The van der Waals surface area contributed by atoms with Gasteiger partial charge in [0.1, 0.15) is 6.04 Å². The maximum Gasteiger partial charge on any atom is 0.251 e. The zero-order chi connectivity index (χ0) is 17.4. The minimum atomic E-state index is -0.996. The van der Waals surface area contributed by atoms with E-state index in [-0.39, 0.29) is 0 Å². The maximum atomic E-state index is 12.1. The number of aliphatic hydroxyl groups excluding tert-OH is 1. The lowest BCUT2D eigenvalue weighted by molar-refractivity contribution is -0.123. The summed E-state index contributed by atoms with van der Waals surface area (Å²) in [4.78, 5) is 24.1. The average Bonchev–Trinajstić information content (AvgIpc) is 2.61. The van der Waals surface area contributed by atoms with Gasteiger partial charge in [0.15, 0.2) is 0 Å². The fourth-order valence-corrected chi connectivity index (χ4v) is 2.40. The molecule has 0 spiro atoms.